The van der Waals surface area contributed by atoms with Gasteiger partial charge in [0.1, 0.15) is 5.75 Å². The van der Waals surface area contributed by atoms with Crippen molar-refractivity contribution < 1.29 is 9.47 Å². The molecular formula is C12H15NO3. The predicted octanol–water partition coefficient (Wildman–Crippen LogP) is 1.80. The van der Waals surface area contributed by atoms with Crippen molar-refractivity contribution in [3.63, 3.8) is 0 Å². The average Bonchev–Trinajstić information content (AvgIpc) is 2.30. The van der Waals surface area contributed by atoms with Crippen molar-refractivity contribution in [1.82, 2.24) is 4.98 Å². The number of benzene rings is 1. The van der Waals surface area contributed by atoms with Gasteiger partial charge in [0.15, 0.2) is 5.43 Å². The molecule has 0 aliphatic rings. The Morgan fingerprint density at radius 3 is 2.44 bits per heavy atom. The lowest BCUT2D eigenvalue weighted by Crippen LogP contribution is -1.99. The van der Waals surface area contributed by atoms with E-state index in [4.69, 9.17) is 4.74 Å². The number of ether oxygens (including phenoxy) is 2. The molecule has 4 heteroatoms. The van der Waals surface area contributed by atoms with Crippen molar-refractivity contribution in [2.24, 2.45) is 0 Å². The van der Waals surface area contributed by atoms with Crippen LogP contribution in [0.3, 0.4) is 0 Å². The Labute approximate surface area is 93.8 Å². The molecule has 86 valence electrons. The second-order valence-electron chi connectivity index (χ2n) is 3.16. The summed E-state index contributed by atoms with van der Waals surface area (Å²) in [5.41, 5.74) is 0.822. The van der Waals surface area contributed by atoms with Crippen LogP contribution in [0.1, 0.15) is 0 Å². The zero-order valence-corrected chi connectivity index (χ0v) is 9.61. The number of H-pyrrole nitrogens is 1. The molecule has 2 aromatic rings. The van der Waals surface area contributed by atoms with E-state index in [1.165, 1.54) is 6.07 Å². The van der Waals surface area contributed by atoms with Gasteiger partial charge in [0.05, 0.1) is 12.6 Å². The Morgan fingerprint density at radius 1 is 1.12 bits per heavy atom. The number of nitrogens with one attached hydrogen (secondary N) is 1. The minimum Gasteiger partial charge on any atom is -0.497 e. The van der Waals surface area contributed by atoms with E-state index in [0.29, 0.717) is 5.39 Å². The molecule has 0 radical (unpaired) electrons. The Hall–Kier alpha value is -1.81. The second kappa shape index (κ2) is 5.92. The highest BCUT2D eigenvalue weighted by Crippen LogP contribution is 2.15. The van der Waals surface area contributed by atoms with Crippen LogP contribution in [0.2, 0.25) is 0 Å². The summed E-state index contributed by atoms with van der Waals surface area (Å²) in [5, 5.41) is 0.684. The summed E-state index contributed by atoms with van der Waals surface area (Å²) in [6, 6.07) is 6.84. The van der Waals surface area contributed by atoms with Crippen LogP contribution in [0.5, 0.6) is 5.75 Å². The van der Waals surface area contributed by atoms with E-state index in [9.17, 15) is 4.79 Å². The van der Waals surface area contributed by atoms with Crippen molar-refractivity contribution in [1.29, 1.82) is 0 Å². The van der Waals surface area contributed by atoms with Gasteiger partial charge in [-0.05, 0) is 12.1 Å². The first-order valence-electron chi connectivity index (χ1n) is 4.78. The van der Waals surface area contributed by atoms with Crippen molar-refractivity contribution in [3.8, 4) is 5.75 Å². The fraction of sp³-hybridized carbons (Fsp3) is 0.250. The molecule has 0 atom stereocenters. The lowest BCUT2D eigenvalue weighted by atomic mass is 10.2. The van der Waals surface area contributed by atoms with E-state index in [1.54, 1.807) is 45.7 Å². The van der Waals surface area contributed by atoms with Gasteiger partial charge in [0.2, 0.25) is 0 Å². The van der Waals surface area contributed by atoms with Crippen molar-refractivity contribution >= 4 is 10.9 Å². The summed E-state index contributed by atoms with van der Waals surface area (Å²) < 4.78 is 9.29. The summed E-state index contributed by atoms with van der Waals surface area (Å²) in [7, 11) is 4.85. The molecule has 4 nitrogen and oxygen atoms in total. The maximum atomic E-state index is 11.3. The summed E-state index contributed by atoms with van der Waals surface area (Å²) >= 11 is 0. The summed E-state index contributed by atoms with van der Waals surface area (Å²) in [5.74, 6) is 0.745. The Bertz CT molecular complexity index is 505. The standard InChI is InChI=1S/C10H9NO2.C2H6O/c1-13-7-2-3-8-9(6-7)11-5-4-10(8)12;1-3-2/h2-6H,1H3,(H,11,12);1-2H3. The zero-order valence-electron chi connectivity index (χ0n) is 9.61. The van der Waals surface area contributed by atoms with E-state index in [0.717, 1.165) is 11.3 Å². The summed E-state index contributed by atoms with van der Waals surface area (Å²) in [6.45, 7) is 0. The third-order valence-corrected chi connectivity index (χ3v) is 1.97. The summed E-state index contributed by atoms with van der Waals surface area (Å²) in [6.07, 6.45) is 1.63. The van der Waals surface area contributed by atoms with E-state index < -0.39 is 0 Å². The van der Waals surface area contributed by atoms with Gasteiger partial charge < -0.3 is 14.5 Å². The van der Waals surface area contributed by atoms with Crippen molar-refractivity contribution in [2.45, 2.75) is 0 Å². The molecule has 1 aromatic heterocycles. The molecule has 1 heterocycles. The van der Waals surface area contributed by atoms with E-state index in [2.05, 4.69) is 9.72 Å². The molecular weight excluding hydrogens is 206 g/mol. The molecule has 0 saturated heterocycles. The first kappa shape index (κ1) is 12.3. The van der Waals surface area contributed by atoms with Crippen LogP contribution in [0.25, 0.3) is 10.9 Å². The number of rotatable bonds is 1. The molecule has 0 aliphatic heterocycles. The van der Waals surface area contributed by atoms with E-state index in [1.807, 2.05) is 0 Å². The topological polar surface area (TPSA) is 51.3 Å². The molecule has 1 N–H and O–H groups in total. The van der Waals surface area contributed by atoms with Gasteiger partial charge >= 0.3 is 0 Å². The number of methoxy groups -OCH3 is 2. The lowest BCUT2D eigenvalue weighted by Gasteiger charge is -2.00. The van der Waals surface area contributed by atoms with Crippen LogP contribution in [-0.4, -0.2) is 26.3 Å². The highest BCUT2D eigenvalue weighted by atomic mass is 16.5. The lowest BCUT2D eigenvalue weighted by molar-refractivity contribution is 0.277. The Kier molecular flexibility index (Phi) is 4.54. The minimum absolute atomic E-state index is 0.0244. The SMILES string of the molecule is COC.COc1ccc2c(=O)cc[nH]c2c1. The maximum absolute atomic E-state index is 11.3. The molecule has 16 heavy (non-hydrogen) atoms. The Morgan fingerprint density at radius 2 is 1.81 bits per heavy atom. The van der Waals surface area contributed by atoms with Crippen LogP contribution in [-0.2, 0) is 4.74 Å². The largest absolute Gasteiger partial charge is 0.497 e. The number of aromatic amines is 1. The molecule has 0 unspecified atom stereocenters. The van der Waals surface area contributed by atoms with Gasteiger partial charge in [-0.1, -0.05) is 0 Å². The maximum Gasteiger partial charge on any atom is 0.189 e. The fourth-order valence-electron chi connectivity index (χ4n) is 1.28. The molecule has 0 aliphatic carbocycles. The molecule has 1 aromatic carbocycles. The molecule has 0 amide bonds. The van der Waals surface area contributed by atoms with E-state index >= 15 is 0 Å². The number of aromatic nitrogens is 1. The third-order valence-electron chi connectivity index (χ3n) is 1.97. The molecule has 0 spiro atoms. The number of fused-ring (bicyclic) bond motifs is 1. The first-order valence-corrected chi connectivity index (χ1v) is 4.78. The van der Waals surface area contributed by atoms with Gasteiger partial charge in [-0.15, -0.1) is 0 Å². The van der Waals surface area contributed by atoms with Gasteiger partial charge in [0, 0.05) is 37.9 Å². The molecule has 2 rings (SSSR count). The van der Waals surface area contributed by atoms with Gasteiger partial charge in [-0.3, -0.25) is 4.79 Å². The van der Waals surface area contributed by atoms with Crippen LogP contribution in [0.15, 0.2) is 35.3 Å². The molecule has 0 bridgehead atoms. The molecule has 0 fully saturated rings. The highest BCUT2D eigenvalue weighted by molar-refractivity contribution is 5.79. The number of hydrogen-bond acceptors (Lipinski definition) is 3. The quantitative estimate of drug-likeness (QED) is 0.798. The molecule has 0 saturated carbocycles. The second-order valence-corrected chi connectivity index (χ2v) is 3.16. The normalized spacial score (nSPS) is 9.44. The van der Waals surface area contributed by atoms with E-state index in [-0.39, 0.29) is 5.43 Å². The fourth-order valence-corrected chi connectivity index (χ4v) is 1.28. The van der Waals surface area contributed by atoms with Gasteiger partial charge in [-0.25, -0.2) is 0 Å². The zero-order chi connectivity index (χ0) is 12.0. The van der Waals surface area contributed by atoms with Crippen LogP contribution >= 0.6 is 0 Å². The monoisotopic (exact) mass is 221 g/mol. The van der Waals surface area contributed by atoms with Crippen molar-refractivity contribution in [2.75, 3.05) is 21.3 Å². The van der Waals surface area contributed by atoms with Crippen LogP contribution in [0, 0.1) is 0 Å². The van der Waals surface area contributed by atoms with Gasteiger partial charge in [-0.2, -0.15) is 0 Å². The predicted molar refractivity (Wildman–Crippen MR) is 64.1 cm³/mol. The Balaban J connectivity index is 0.000000386. The average molecular weight is 221 g/mol. The summed E-state index contributed by atoms with van der Waals surface area (Å²) in [4.78, 5) is 14.3. The van der Waals surface area contributed by atoms with Crippen molar-refractivity contribution in [3.05, 3.63) is 40.7 Å². The highest BCUT2D eigenvalue weighted by Gasteiger charge is 1.98. The number of hydrogen-bond donors (Lipinski definition) is 1. The van der Waals surface area contributed by atoms with Gasteiger partial charge in [0.25, 0.3) is 0 Å². The number of pyridine rings is 1. The van der Waals surface area contributed by atoms with Crippen LogP contribution in [0.4, 0.5) is 0 Å². The smallest absolute Gasteiger partial charge is 0.189 e. The van der Waals surface area contributed by atoms with Crippen LogP contribution < -0.4 is 10.2 Å². The first-order chi connectivity index (χ1) is 7.72. The minimum atomic E-state index is 0.0244. The third kappa shape index (κ3) is 2.84.